The molecule has 0 N–H and O–H groups in total. The van der Waals surface area contributed by atoms with Gasteiger partial charge in [0.2, 0.25) is 11.8 Å². The molecule has 1 aromatic rings. The van der Waals surface area contributed by atoms with E-state index in [1.54, 1.807) is 30.1 Å². The number of likely N-dealkylation sites (tertiary alicyclic amines) is 2. The smallest absolute Gasteiger partial charge is 0.236 e. The summed E-state index contributed by atoms with van der Waals surface area (Å²) >= 11 is 0. The van der Waals surface area contributed by atoms with Gasteiger partial charge >= 0.3 is 0 Å². The van der Waals surface area contributed by atoms with Gasteiger partial charge in [-0.15, -0.1) is 0 Å². The van der Waals surface area contributed by atoms with E-state index in [1.807, 2.05) is 4.90 Å². The summed E-state index contributed by atoms with van der Waals surface area (Å²) in [5.41, 5.74) is 0.526. The SMILES string of the molecule is CC1CCN(C(=O)C2CCN(CC(=O)N(C)Cc3ccccc3F)CC2)CC1. The van der Waals surface area contributed by atoms with Crippen LogP contribution in [0.5, 0.6) is 0 Å². The van der Waals surface area contributed by atoms with Crippen LogP contribution in [0, 0.1) is 17.7 Å². The lowest BCUT2D eigenvalue weighted by molar-refractivity contribution is -0.138. The quantitative estimate of drug-likeness (QED) is 0.778. The van der Waals surface area contributed by atoms with E-state index in [2.05, 4.69) is 11.8 Å². The Morgan fingerprint density at radius 2 is 1.71 bits per heavy atom. The summed E-state index contributed by atoms with van der Waals surface area (Å²) in [6.07, 6.45) is 3.84. The Morgan fingerprint density at radius 1 is 1.07 bits per heavy atom. The van der Waals surface area contributed by atoms with Crippen molar-refractivity contribution in [1.82, 2.24) is 14.7 Å². The zero-order valence-corrected chi connectivity index (χ0v) is 17.1. The Bertz CT molecular complexity index is 680. The molecule has 2 amide bonds. The monoisotopic (exact) mass is 389 g/mol. The number of carbonyl (C=O) groups is 2. The van der Waals surface area contributed by atoms with Gasteiger partial charge in [0.1, 0.15) is 5.82 Å². The predicted molar refractivity (Wildman–Crippen MR) is 107 cm³/mol. The standard InChI is InChI=1S/C22H32FN3O2/c1-17-7-13-26(14-8-17)22(28)18-9-11-25(12-10-18)16-21(27)24(2)15-19-5-3-4-6-20(19)23/h3-6,17-18H,7-16H2,1-2H3. The molecule has 2 aliphatic rings. The van der Waals surface area contributed by atoms with E-state index < -0.39 is 0 Å². The van der Waals surface area contributed by atoms with Crippen molar-refractivity contribution < 1.29 is 14.0 Å². The van der Waals surface area contributed by atoms with Crippen LogP contribution in [0.2, 0.25) is 0 Å². The first-order valence-corrected chi connectivity index (χ1v) is 10.4. The zero-order chi connectivity index (χ0) is 20.1. The molecule has 0 atom stereocenters. The number of piperidine rings is 2. The molecule has 0 unspecified atom stereocenters. The van der Waals surface area contributed by atoms with Crippen molar-refractivity contribution in [2.24, 2.45) is 11.8 Å². The summed E-state index contributed by atoms with van der Waals surface area (Å²) in [7, 11) is 1.71. The van der Waals surface area contributed by atoms with Crippen molar-refractivity contribution in [1.29, 1.82) is 0 Å². The van der Waals surface area contributed by atoms with Crippen LogP contribution in [-0.2, 0) is 16.1 Å². The van der Waals surface area contributed by atoms with Gasteiger partial charge in [-0.2, -0.15) is 0 Å². The van der Waals surface area contributed by atoms with Crippen molar-refractivity contribution in [3.8, 4) is 0 Å². The maximum atomic E-state index is 13.8. The topological polar surface area (TPSA) is 43.9 Å². The molecule has 0 aromatic heterocycles. The van der Waals surface area contributed by atoms with Crippen LogP contribution in [-0.4, -0.2) is 66.3 Å². The van der Waals surface area contributed by atoms with Crippen LogP contribution in [0.15, 0.2) is 24.3 Å². The Morgan fingerprint density at radius 3 is 2.36 bits per heavy atom. The third-order valence-corrected chi connectivity index (χ3v) is 6.18. The molecule has 2 aliphatic heterocycles. The van der Waals surface area contributed by atoms with Crippen molar-refractivity contribution >= 4 is 11.8 Å². The van der Waals surface area contributed by atoms with Crippen molar-refractivity contribution in [2.45, 2.75) is 39.2 Å². The van der Waals surface area contributed by atoms with Gasteiger partial charge in [-0.3, -0.25) is 14.5 Å². The maximum absolute atomic E-state index is 13.8. The van der Waals surface area contributed by atoms with Crippen molar-refractivity contribution in [3.63, 3.8) is 0 Å². The van der Waals surface area contributed by atoms with Gasteiger partial charge in [-0.1, -0.05) is 25.1 Å². The minimum absolute atomic E-state index is 0.0157. The van der Waals surface area contributed by atoms with Gasteiger partial charge in [0.25, 0.3) is 0 Å². The maximum Gasteiger partial charge on any atom is 0.236 e. The fourth-order valence-corrected chi connectivity index (χ4v) is 4.11. The molecule has 154 valence electrons. The highest BCUT2D eigenvalue weighted by atomic mass is 19.1. The Balaban J connectivity index is 1.43. The number of hydrogen-bond acceptors (Lipinski definition) is 3. The highest BCUT2D eigenvalue weighted by molar-refractivity contribution is 5.79. The summed E-state index contributed by atoms with van der Waals surface area (Å²) in [6.45, 7) is 6.15. The normalized spacial score (nSPS) is 19.6. The molecule has 0 radical (unpaired) electrons. The van der Waals surface area contributed by atoms with Crippen molar-refractivity contribution in [2.75, 3.05) is 39.8 Å². The number of carbonyl (C=O) groups excluding carboxylic acids is 2. The molecule has 2 fully saturated rings. The molecule has 28 heavy (non-hydrogen) atoms. The van der Waals surface area contributed by atoms with Crippen LogP contribution in [0.25, 0.3) is 0 Å². The first-order valence-electron chi connectivity index (χ1n) is 10.4. The lowest BCUT2D eigenvalue weighted by atomic mass is 9.92. The van der Waals surface area contributed by atoms with E-state index in [9.17, 15) is 14.0 Å². The highest BCUT2D eigenvalue weighted by Crippen LogP contribution is 2.23. The van der Waals surface area contributed by atoms with Gasteiger partial charge < -0.3 is 9.80 Å². The van der Waals surface area contributed by atoms with Gasteiger partial charge in [0, 0.05) is 38.2 Å². The zero-order valence-electron chi connectivity index (χ0n) is 17.1. The lowest BCUT2D eigenvalue weighted by Crippen LogP contribution is -2.47. The summed E-state index contributed by atoms with van der Waals surface area (Å²) in [6, 6.07) is 6.55. The molecule has 5 nitrogen and oxygen atoms in total. The summed E-state index contributed by atoms with van der Waals surface area (Å²) < 4.78 is 13.8. The van der Waals surface area contributed by atoms with E-state index >= 15 is 0 Å². The fourth-order valence-electron chi connectivity index (χ4n) is 4.11. The number of halogens is 1. The number of benzene rings is 1. The number of rotatable bonds is 5. The third kappa shape index (κ3) is 5.31. The van der Waals surface area contributed by atoms with Gasteiger partial charge in [0.05, 0.1) is 6.54 Å². The highest BCUT2D eigenvalue weighted by Gasteiger charge is 2.30. The third-order valence-electron chi connectivity index (χ3n) is 6.18. The number of likely N-dealkylation sites (N-methyl/N-ethyl adjacent to an activating group) is 1. The molecule has 1 aromatic carbocycles. The molecule has 6 heteroatoms. The second-order valence-corrected chi connectivity index (χ2v) is 8.40. The first kappa shape index (κ1) is 20.8. The minimum Gasteiger partial charge on any atom is -0.342 e. The molecule has 2 saturated heterocycles. The average molecular weight is 390 g/mol. The van der Waals surface area contributed by atoms with Crippen LogP contribution in [0.3, 0.4) is 0 Å². The molecule has 0 aliphatic carbocycles. The van der Waals surface area contributed by atoms with E-state index in [0.29, 0.717) is 18.0 Å². The van der Waals surface area contributed by atoms with Crippen LogP contribution < -0.4 is 0 Å². The molecule has 3 rings (SSSR count). The van der Waals surface area contributed by atoms with E-state index in [-0.39, 0.29) is 24.2 Å². The molecule has 0 saturated carbocycles. The number of hydrogen-bond donors (Lipinski definition) is 0. The predicted octanol–water partition coefficient (Wildman–Crippen LogP) is 2.75. The molecule has 0 spiro atoms. The average Bonchev–Trinajstić information content (AvgIpc) is 2.70. The fraction of sp³-hybridized carbons (Fsp3) is 0.636. The Hall–Kier alpha value is -1.95. The largest absolute Gasteiger partial charge is 0.342 e. The minimum atomic E-state index is -0.284. The van der Waals surface area contributed by atoms with Crippen LogP contribution >= 0.6 is 0 Å². The van der Waals surface area contributed by atoms with Crippen molar-refractivity contribution in [3.05, 3.63) is 35.6 Å². The lowest BCUT2D eigenvalue weighted by Gasteiger charge is -2.36. The van der Waals surface area contributed by atoms with E-state index in [0.717, 1.165) is 57.8 Å². The van der Waals surface area contributed by atoms with Crippen LogP contribution in [0.4, 0.5) is 4.39 Å². The summed E-state index contributed by atoms with van der Waals surface area (Å²) in [4.78, 5) is 31.0. The molecule has 2 heterocycles. The Labute approximate surface area is 167 Å². The first-order chi connectivity index (χ1) is 13.4. The van der Waals surface area contributed by atoms with E-state index in [4.69, 9.17) is 0 Å². The Kier molecular flexibility index (Phi) is 7.05. The number of amides is 2. The number of nitrogens with zero attached hydrogens (tertiary/aromatic N) is 3. The molecular weight excluding hydrogens is 357 g/mol. The molecule has 0 bridgehead atoms. The van der Waals surface area contributed by atoms with E-state index in [1.165, 1.54) is 6.07 Å². The van der Waals surface area contributed by atoms with Gasteiger partial charge in [-0.05, 0) is 50.8 Å². The van der Waals surface area contributed by atoms with Gasteiger partial charge in [-0.25, -0.2) is 4.39 Å². The summed E-state index contributed by atoms with van der Waals surface area (Å²) in [5.74, 6) is 0.815. The second kappa shape index (κ2) is 9.50. The molecular formula is C22H32FN3O2. The van der Waals surface area contributed by atoms with Gasteiger partial charge in [0.15, 0.2) is 0 Å². The van der Waals surface area contributed by atoms with Crippen LogP contribution in [0.1, 0.15) is 38.2 Å². The second-order valence-electron chi connectivity index (χ2n) is 8.40. The summed E-state index contributed by atoms with van der Waals surface area (Å²) in [5, 5.41) is 0.